The molecule has 0 atom stereocenters. The first-order valence-electron chi connectivity index (χ1n) is 10.7. The molecule has 0 unspecified atom stereocenters. The molecule has 1 rings (SSSR count). The van der Waals surface area contributed by atoms with Gasteiger partial charge in [0.15, 0.2) is 0 Å². The van der Waals surface area contributed by atoms with Crippen LogP contribution in [0.1, 0.15) is 96.1 Å². The Bertz CT molecular complexity index is 719. The third-order valence-corrected chi connectivity index (χ3v) is 6.39. The Labute approximate surface area is 177 Å². The number of nitrogens with one attached hydrogen (secondary N) is 1. The summed E-state index contributed by atoms with van der Waals surface area (Å²) in [6.45, 7) is 10.6. The summed E-state index contributed by atoms with van der Waals surface area (Å²) in [5, 5.41) is 0. The standard InChI is InChI=1S/C22H38N2O4S/c1-7-8-9-10-11-12-16-24(6)29(26,27)23-22(25)28-21-19(17(2)3)14-13-15-20(21)18(4)5/h13-15,17-18H,7-12,16H2,1-6H3,(H,23,25). The number of rotatable bonds is 12. The number of hydrogen-bond acceptors (Lipinski definition) is 4. The van der Waals surface area contributed by atoms with Crippen molar-refractivity contribution >= 4 is 16.3 Å². The molecule has 1 amide bonds. The van der Waals surface area contributed by atoms with Crippen LogP contribution in [-0.2, 0) is 10.2 Å². The average molecular weight is 427 g/mol. The van der Waals surface area contributed by atoms with Crippen molar-refractivity contribution in [2.45, 2.75) is 85.0 Å². The third-order valence-electron chi connectivity index (χ3n) is 4.96. The maximum atomic E-state index is 12.4. The number of para-hydroxylation sites is 1. The van der Waals surface area contributed by atoms with Gasteiger partial charge in [-0.1, -0.05) is 84.9 Å². The van der Waals surface area contributed by atoms with Gasteiger partial charge in [0, 0.05) is 13.6 Å². The van der Waals surface area contributed by atoms with Crippen LogP contribution in [0.2, 0.25) is 0 Å². The summed E-state index contributed by atoms with van der Waals surface area (Å²) in [7, 11) is -2.46. The maximum Gasteiger partial charge on any atom is 0.427 e. The van der Waals surface area contributed by atoms with Crippen molar-refractivity contribution in [3.05, 3.63) is 29.3 Å². The SMILES string of the molecule is CCCCCCCCN(C)S(=O)(=O)NC(=O)Oc1c(C(C)C)cccc1C(C)C. The van der Waals surface area contributed by atoms with E-state index in [1.165, 1.54) is 30.6 Å². The van der Waals surface area contributed by atoms with Crippen molar-refractivity contribution in [1.82, 2.24) is 9.03 Å². The summed E-state index contributed by atoms with van der Waals surface area (Å²) >= 11 is 0. The lowest BCUT2D eigenvalue weighted by atomic mass is 9.94. The van der Waals surface area contributed by atoms with E-state index in [2.05, 4.69) is 6.92 Å². The zero-order valence-electron chi connectivity index (χ0n) is 18.8. The monoisotopic (exact) mass is 426 g/mol. The molecule has 0 aliphatic rings. The van der Waals surface area contributed by atoms with Gasteiger partial charge in [0.2, 0.25) is 0 Å². The van der Waals surface area contributed by atoms with Gasteiger partial charge in [-0.3, -0.25) is 0 Å². The van der Waals surface area contributed by atoms with Gasteiger partial charge in [-0.2, -0.15) is 12.7 Å². The Kier molecular flexibility index (Phi) is 10.7. The zero-order chi connectivity index (χ0) is 22.0. The average Bonchev–Trinajstić information content (AvgIpc) is 2.63. The van der Waals surface area contributed by atoms with Crippen LogP contribution in [0.5, 0.6) is 5.75 Å². The Morgan fingerprint density at radius 1 is 1.00 bits per heavy atom. The van der Waals surface area contributed by atoms with Gasteiger partial charge in [-0.15, -0.1) is 0 Å². The number of nitrogens with zero attached hydrogens (tertiary/aromatic N) is 1. The predicted molar refractivity (Wildman–Crippen MR) is 119 cm³/mol. The first kappa shape index (κ1) is 25.4. The Hall–Kier alpha value is -1.60. The minimum atomic E-state index is -3.93. The number of amides is 1. The highest BCUT2D eigenvalue weighted by molar-refractivity contribution is 7.87. The van der Waals surface area contributed by atoms with Gasteiger partial charge in [0.05, 0.1) is 0 Å². The number of carbonyl (C=O) groups is 1. The quantitative estimate of drug-likeness (QED) is 0.444. The van der Waals surface area contributed by atoms with Crippen LogP contribution in [0.4, 0.5) is 4.79 Å². The van der Waals surface area contributed by atoms with Crippen molar-refractivity contribution in [1.29, 1.82) is 0 Å². The number of benzene rings is 1. The summed E-state index contributed by atoms with van der Waals surface area (Å²) in [5.74, 6) is 0.732. The normalized spacial score (nSPS) is 12.0. The molecular weight excluding hydrogens is 388 g/mol. The highest BCUT2D eigenvalue weighted by atomic mass is 32.2. The summed E-state index contributed by atoms with van der Waals surface area (Å²) < 4.78 is 33.6. The second-order valence-electron chi connectivity index (χ2n) is 8.16. The lowest BCUT2D eigenvalue weighted by Crippen LogP contribution is -2.43. The number of ether oxygens (including phenoxy) is 1. The Morgan fingerprint density at radius 2 is 1.52 bits per heavy atom. The highest BCUT2D eigenvalue weighted by Gasteiger charge is 2.24. The van der Waals surface area contributed by atoms with Gasteiger partial charge in [0.1, 0.15) is 5.75 Å². The number of hydrogen-bond donors (Lipinski definition) is 1. The van der Waals surface area contributed by atoms with E-state index in [1.54, 1.807) is 0 Å². The molecule has 0 heterocycles. The molecular formula is C22H38N2O4S. The molecule has 0 aliphatic heterocycles. The molecule has 1 aromatic carbocycles. The van der Waals surface area contributed by atoms with Crippen LogP contribution >= 0.6 is 0 Å². The van der Waals surface area contributed by atoms with Gasteiger partial charge < -0.3 is 4.74 Å². The lowest BCUT2D eigenvalue weighted by molar-refractivity contribution is 0.205. The molecule has 0 bridgehead atoms. The number of unbranched alkanes of at least 4 members (excludes halogenated alkanes) is 5. The fourth-order valence-corrected chi connectivity index (χ4v) is 3.91. The molecule has 0 radical (unpaired) electrons. The smallest absolute Gasteiger partial charge is 0.409 e. The Morgan fingerprint density at radius 3 is 2.03 bits per heavy atom. The largest absolute Gasteiger partial charge is 0.427 e. The first-order chi connectivity index (χ1) is 13.6. The molecule has 0 saturated carbocycles. The Balaban J connectivity index is 2.74. The summed E-state index contributed by atoms with van der Waals surface area (Å²) in [6.07, 6.45) is 5.42. The molecule has 166 valence electrons. The summed E-state index contributed by atoms with van der Waals surface area (Å²) in [6, 6.07) is 5.73. The van der Waals surface area contributed by atoms with Crippen molar-refractivity contribution in [2.24, 2.45) is 0 Å². The molecule has 0 spiro atoms. The van der Waals surface area contributed by atoms with E-state index in [0.29, 0.717) is 12.3 Å². The molecule has 1 aromatic rings. The summed E-state index contributed by atoms with van der Waals surface area (Å²) in [5.41, 5.74) is 1.76. The predicted octanol–water partition coefficient (Wildman–Crippen LogP) is 5.56. The molecule has 7 heteroatoms. The molecule has 6 nitrogen and oxygen atoms in total. The van der Waals surface area contributed by atoms with E-state index in [9.17, 15) is 13.2 Å². The molecule has 1 N–H and O–H groups in total. The fraction of sp³-hybridized carbons (Fsp3) is 0.682. The van der Waals surface area contributed by atoms with E-state index >= 15 is 0 Å². The minimum absolute atomic E-state index is 0.142. The van der Waals surface area contributed by atoms with E-state index in [-0.39, 0.29) is 11.8 Å². The molecule has 0 aromatic heterocycles. The van der Waals surface area contributed by atoms with Crippen molar-refractivity contribution in [2.75, 3.05) is 13.6 Å². The van der Waals surface area contributed by atoms with Crippen LogP contribution in [0, 0.1) is 0 Å². The van der Waals surface area contributed by atoms with Crippen LogP contribution in [0.25, 0.3) is 0 Å². The highest BCUT2D eigenvalue weighted by Crippen LogP contribution is 2.34. The summed E-state index contributed by atoms with van der Waals surface area (Å²) in [4.78, 5) is 12.4. The molecule has 0 saturated heterocycles. The second kappa shape index (κ2) is 12.2. The van der Waals surface area contributed by atoms with E-state index < -0.39 is 16.3 Å². The molecule has 0 aliphatic carbocycles. The maximum absolute atomic E-state index is 12.4. The van der Waals surface area contributed by atoms with Crippen LogP contribution < -0.4 is 9.46 Å². The topological polar surface area (TPSA) is 75.7 Å². The lowest BCUT2D eigenvalue weighted by Gasteiger charge is -2.20. The van der Waals surface area contributed by atoms with Gasteiger partial charge in [-0.05, 0) is 29.4 Å². The van der Waals surface area contributed by atoms with E-state index in [1.807, 2.05) is 50.6 Å². The van der Waals surface area contributed by atoms with Crippen molar-refractivity contribution < 1.29 is 17.9 Å². The van der Waals surface area contributed by atoms with Gasteiger partial charge in [0.25, 0.3) is 0 Å². The fourth-order valence-electron chi connectivity index (χ4n) is 3.13. The van der Waals surface area contributed by atoms with E-state index in [0.717, 1.165) is 30.4 Å². The zero-order valence-corrected chi connectivity index (χ0v) is 19.6. The van der Waals surface area contributed by atoms with Crippen LogP contribution in [0.15, 0.2) is 18.2 Å². The molecule has 29 heavy (non-hydrogen) atoms. The van der Waals surface area contributed by atoms with Crippen LogP contribution in [-0.4, -0.2) is 32.4 Å². The second-order valence-corrected chi connectivity index (χ2v) is 9.94. The van der Waals surface area contributed by atoms with Gasteiger partial charge >= 0.3 is 16.3 Å². The minimum Gasteiger partial charge on any atom is -0.409 e. The third kappa shape index (κ3) is 8.34. The number of carbonyl (C=O) groups excluding carboxylic acids is 1. The first-order valence-corrected chi connectivity index (χ1v) is 12.1. The molecule has 0 fully saturated rings. The van der Waals surface area contributed by atoms with Crippen LogP contribution in [0.3, 0.4) is 0 Å². The van der Waals surface area contributed by atoms with Crippen molar-refractivity contribution in [3.63, 3.8) is 0 Å². The van der Waals surface area contributed by atoms with Crippen molar-refractivity contribution in [3.8, 4) is 5.75 Å². The van der Waals surface area contributed by atoms with E-state index in [4.69, 9.17) is 4.74 Å². The van der Waals surface area contributed by atoms with Gasteiger partial charge in [-0.25, -0.2) is 9.52 Å².